The third kappa shape index (κ3) is 5.27. The third-order valence-electron chi connectivity index (χ3n) is 2.69. The highest BCUT2D eigenvalue weighted by atomic mass is 79.9. The molecule has 7 heteroatoms. The molecular formula is C13H20BrNO3S2. The van der Waals surface area contributed by atoms with Gasteiger partial charge in [-0.25, -0.2) is 13.1 Å². The lowest BCUT2D eigenvalue weighted by atomic mass is 10.3. The smallest absolute Gasteiger partial charge is 0.240 e. The van der Waals surface area contributed by atoms with E-state index in [1.165, 1.54) is 0 Å². The molecule has 0 bridgehead atoms. The number of halogens is 1. The molecule has 1 unspecified atom stereocenters. The van der Waals surface area contributed by atoms with Gasteiger partial charge < -0.3 is 4.74 Å². The molecule has 0 heterocycles. The predicted molar refractivity (Wildman–Crippen MR) is 88.1 cm³/mol. The van der Waals surface area contributed by atoms with E-state index in [1.807, 2.05) is 6.92 Å². The maximum Gasteiger partial charge on any atom is 0.240 e. The molecule has 4 nitrogen and oxygen atoms in total. The highest BCUT2D eigenvalue weighted by Gasteiger charge is 2.18. The van der Waals surface area contributed by atoms with Crippen molar-refractivity contribution in [3.05, 3.63) is 22.7 Å². The van der Waals surface area contributed by atoms with Gasteiger partial charge >= 0.3 is 0 Å². The number of hydrogen-bond donors (Lipinski definition) is 1. The van der Waals surface area contributed by atoms with Gasteiger partial charge in [-0.2, -0.15) is 11.8 Å². The van der Waals surface area contributed by atoms with Gasteiger partial charge in [-0.15, -0.1) is 0 Å². The van der Waals surface area contributed by atoms with E-state index in [2.05, 4.69) is 27.6 Å². The summed E-state index contributed by atoms with van der Waals surface area (Å²) in [5, 5.41) is 0. The summed E-state index contributed by atoms with van der Waals surface area (Å²) in [5.74, 6) is 2.61. The Hall–Kier alpha value is -0.240. The topological polar surface area (TPSA) is 55.4 Å². The second kappa shape index (κ2) is 8.26. The molecule has 0 radical (unpaired) electrons. The first-order chi connectivity index (χ1) is 9.40. The Bertz CT molecular complexity index is 534. The Labute approximate surface area is 133 Å². The largest absolute Gasteiger partial charge is 0.496 e. The van der Waals surface area contributed by atoms with Crippen molar-refractivity contribution in [2.45, 2.75) is 31.2 Å². The molecule has 1 aromatic rings. The number of hydrogen-bond acceptors (Lipinski definition) is 4. The molecule has 0 aliphatic heterocycles. The number of nitrogens with one attached hydrogen (secondary N) is 1. The number of methoxy groups -OCH3 is 1. The molecule has 20 heavy (non-hydrogen) atoms. The van der Waals surface area contributed by atoms with Crippen LogP contribution >= 0.6 is 27.7 Å². The second-order valence-electron chi connectivity index (χ2n) is 4.30. The van der Waals surface area contributed by atoms with Crippen LogP contribution < -0.4 is 9.46 Å². The van der Waals surface area contributed by atoms with Gasteiger partial charge in [0, 0.05) is 6.04 Å². The number of benzene rings is 1. The van der Waals surface area contributed by atoms with Crippen LogP contribution in [-0.2, 0) is 10.0 Å². The minimum Gasteiger partial charge on any atom is -0.496 e. The molecule has 0 saturated carbocycles. The SMILES string of the molecule is CCSCCC(C)NS(=O)(=O)c1ccc(OC)c(Br)c1. The van der Waals surface area contributed by atoms with Gasteiger partial charge in [-0.3, -0.25) is 0 Å². The van der Waals surface area contributed by atoms with Crippen molar-refractivity contribution in [3.8, 4) is 5.75 Å². The molecule has 114 valence electrons. The summed E-state index contributed by atoms with van der Waals surface area (Å²) >= 11 is 5.10. The van der Waals surface area contributed by atoms with Crippen LogP contribution in [0.4, 0.5) is 0 Å². The second-order valence-corrected chi connectivity index (χ2v) is 8.27. The molecule has 0 spiro atoms. The van der Waals surface area contributed by atoms with E-state index in [-0.39, 0.29) is 10.9 Å². The fourth-order valence-corrected chi connectivity index (χ4v) is 4.42. The summed E-state index contributed by atoms with van der Waals surface area (Å²) in [6, 6.07) is 4.64. The van der Waals surface area contributed by atoms with E-state index in [1.54, 1.807) is 37.1 Å². The van der Waals surface area contributed by atoms with Crippen LogP contribution in [0.5, 0.6) is 5.75 Å². The standard InChI is InChI=1S/C13H20BrNO3S2/c1-4-19-8-7-10(2)15-20(16,17)11-5-6-13(18-3)12(14)9-11/h5-6,9-10,15H,4,7-8H2,1-3H3. The van der Waals surface area contributed by atoms with Crippen molar-refractivity contribution in [1.29, 1.82) is 0 Å². The Kier molecular flexibility index (Phi) is 7.36. The summed E-state index contributed by atoms with van der Waals surface area (Å²) in [5.41, 5.74) is 0. The summed E-state index contributed by atoms with van der Waals surface area (Å²) in [6.45, 7) is 3.97. The summed E-state index contributed by atoms with van der Waals surface area (Å²) in [6.07, 6.45) is 0.815. The van der Waals surface area contributed by atoms with Gasteiger partial charge in [0.2, 0.25) is 10.0 Å². The van der Waals surface area contributed by atoms with Crippen LogP contribution in [0.25, 0.3) is 0 Å². The Balaban J connectivity index is 2.75. The van der Waals surface area contributed by atoms with Crippen molar-refractivity contribution >= 4 is 37.7 Å². The van der Waals surface area contributed by atoms with Crippen LogP contribution in [0.2, 0.25) is 0 Å². The van der Waals surface area contributed by atoms with E-state index >= 15 is 0 Å². The highest BCUT2D eigenvalue weighted by Crippen LogP contribution is 2.27. The molecule has 1 aromatic carbocycles. The van der Waals surface area contributed by atoms with Crippen LogP contribution in [0.3, 0.4) is 0 Å². The van der Waals surface area contributed by atoms with Gasteiger partial charge in [0.15, 0.2) is 0 Å². The fraction of sp³-hybridized carbons (Fsp3) is 0.538. The van der Waals surface area contributed by atoms with Crippen molar-refractivity contribution in [2.24, 2.45) is 0 Å². The molecule has 0 saturated heterocycles. The first-order valence-corrected chi connectivity index (χ1v) is 9.77. The first kappa shape index (κ1) is 17.8. The molecule has 0 aromatic heterocycles. The maximum absolute atomic E-state index is 12.2. The lowest BCUT2D eigenvalue weighted by molar-refractivity contribution is 0.411. The average Bonchev–Trinajstić information content (AvgIpc) is 2.38. The van der Waals surface area contributed by atoms with Gasteiger partial charge in [0.05, 0.1) is 16.5 Å². The van der Waals surface area contributed by atoms with Crippen molar-refractivity contribution in [2.75, 3.05) is 18.6 Å². The third-order valence-corrected chi connectivity index (χ3v) is 5.83. The highest BCUT2D eigenvalue weighted by molar-refractivity contribution is 9.10. The van der Waals surface area contributed by atoms with Gasteiger partial charge in [-0.05, 0) is 59.0 Å². The van der Waals surface area contributed by atoms with Crippen molar-refractivity contribution < 1.29 is 13.2 Å². The van der Waals surface area contributed by atoms with E-state index in [0.29, 0.717) is 10.2 Å². The number of sulfonamides is 1. The zero-order chi connectivity index (χ0) is 15.2. The van der Waals surface area contributed by atoms with E-state index < -0.39 is 10.0 Å². The van der Waals surface area contributed by atoms with Crippen LogP contribution in [0.1, 0.15) is 20.3 Å². The molecule has 0 fully saturated rings. The predicted octanol–water partition coefficient (Wildman–Crippen LogP) is 3.27. The maximum atomic E-state index is 12.2. The zero-order valence-electron chi connectivity index (χ0n) is 11.8. The fourth-order valence-electron chi connectivity index (χ4n) is 1.61. The number of rotatable bonds is 8. The Morgan fingerprint density at radius 2 is 2.15 bits per heavy atom. The lowest BCUT2D eigenvalue weighted by Gasteiger charge is -2.14. The quantitative estimate of drug-likeness (QED) is 0.702. The van der Waals surface area contributed by atoms with Crippen LogP contribution in [-0.4, -0.2) is 33.1 Å². The first-order valence-electron chi connectivity index (χ1n) is 6.34. The summed E-state index contributed by atoms with van der Waals surface area (Å²) < 4.78 is 32.9. The molecule has 1 atom stereocenters. The average molecular weight is 382 g/mol. The van der Waals surface area contributed by atoms with Gasteiger partial charge in [0.25, 0.3) is 0 Å². The monoisotopic (exact) mass is 381 g/mol. The molecule has 0 aliphatic rings. The number of thioether (sulfide) groups is 1. The van der Waals surface area contributed by atoms with Crippen LogP contribution in [0.15, 0.2) is 27.6 Å². The summed E-state index contributed by atoms with van der Waals surface area (Å²) in [7, 11) is -1.95. The Morgan fingerprint density at radius 1 is 1.45 bits per heavy atom. The minimum atomic E-state index is -3.49. The minimum absolute atomic E-state index is 0.0834. The van der Waals surface area contributed by atoms with Crippen molar-refractivity contribution in [3.63, 3.8) is 0 Å². The van der Waals surface area contributed by atoms with E-state index in [4.69, 9.17) is 4.74 Å². The molecule has 1 N–H and O–H groups in total. The Morgan fingerprint density at radius 3 is 2.70 bits per heavy atom. The van der Waals surface area contributed by atoms with Crippen LogP contribution in [0, 0.1) is 0 Å². The summed E-state index contributed by atoms with van der Waals surface area (Å²) in [4.78, 5) is 0.236. The van der Waals surface area contributed by atoms with E-state index in [9.17, 15) is 8.42 Å². The normalized spacial score (nSPS) is 13.2. The number of ether oxygens (including phenoxy) is 1. The zero-order valence-corrected chi connectivity index (χ0v) is 15.1. The molecule has 0 aliphatic carbocycles. The molecular weight excluding hydrogens is 362 g/mol. The molecule has 0 amide bonds. The lowest BCUT2D eigenvalue weighted by Crippen LogP contribution is -2.33. The van der Waals surface area contributed by atoms with Gasteiger partial charge in [-0.1, -0.05) is 6.92 Å². The molecule has 1 rings (SSSR count). The van der Waals surface area contributed by atoms with E-state index in [0.717, 1.165) is 17.9 Å². The van der Waals surface area contributed by atoms with Gasteiger partial charge in [0.1, 0.15) is 5.75 Å². The van der Waals surface area contributed by atoms with Crippen molar-refractivity contribution in [1.82, 2.24) is 4.72 Å².